The summed E-state index contributed by atoms with van der Waals surface area (Å²) in [6.45, 7) is 2.36. The minimum Gasteiger partial charge on any atom is -0.493 e. The Kier molecular flexibility index (Phi) is 9.37. The van der Waals surface area contributed by atoms with Gasteiger partial charge in [0.15, 0.2) is 11.5 Å². The fourth-order valence-corrected chi connectivity index (χ4v) is 4.22. The van der Waals surface area contributed by atoms with E-state index < -0.39 is 0 Å². The van der Waals surface area contributed by atoms with E-state index in [9.17, 15) is 4.79 Å². The van der Waals surface area contributed by atoms with Gasteiger partial charge in [-0.3, -0.25) is 10.2 Å². The van der Waals surface area contributed by atoms with E-state index in [1.165, 1.54) is 11.3 Å². The Bertz CT molecular complexity index is 1160. The summed E-state index contributed by atoms with van der Waals surface area (Å²) in [5.74, 6) is 0.772. The summed E-state index contributed by atoms with van der Waals surface area (Å²) < 4.78 is 17.1. The first-order chi connectivity index (χ1) is 15.9. The smallest absolute Gasteiger partial charge is 0.311 e. The molecule has 1 aromatic heterocycles. The van der Waals surface area contributed by atoms with Gasteiger partial charge in [0.25, 0.3) is 0 Å². The van der Waals surface area contributed by atoms with Crippen LogP contribution in [0.1, 0.15) is 23.7 Å². The molecule has 0 atom stereocenters. The van der Waals surface area contributed by atoms with Crippen molar-refractivity contribution >= 4 is 67.8 Å². The van der Waals surface area contributed by atoms with Crippen LogP contribution in [0, 0.1) is 0 Å². The molecule has 174 valence electrons. The molecule has 3 aromatic rings. The van der Waals surface area contributed by atoms with Crippen molar-refractivity contribution < 1.29 is 19.0 Å². The number of carbonyl (C=O) groups excluding carboxylic acids is 1. The van der Waals surface area contributed by atoms with Crippen LogP contribution in [0.4, 0.5) is 5.13 Å². The van der Waals surface area contributed by atoms with Crippen molar-refractivity contribution in [3.63, 3.8) is 0 Å². The highest BCUT2D eigenvalue weighted by molar-refractivity contribution is 9.10. The van der Waals surface area contributed by atoms with Crippen molar-refractivity contribution in [1.82, 2.24) is 4.98 Å². The maximum absolute atomic E-state index is 11.6. The van der Waals surface area contributed by atoms with E-state index in [-0.39, 0.29) is 19.0 Å². The van der Waals surface area contributed by atoms with Gasteiger partial charge in [0.2, 0.25) is 5.13 Å². The fourth-order valence-electron chi connectivity index (χ4n) is 2.67. The van der Waals surface area contributed by atoms with Crippen LogP contribution < -0.4 is 14.9 Å². The number of carbonyl (C=O) groups is 1. The topological polar surface area (TPSA) is 82.0 Å². The predicted molar refractivity (Wildman–Crippen MR) is 135 cm³/mol. The summed E-state index contributed by atoms with van der Waals surface area (Å²) in [7, 11) is 1.56. The Morgan fingerprint density at radius 3 is 2.82 bits per heavy atom. The molecule has 0 aliphatic carbocycles. The maximum Gasteiger partial charge on any atom is 0.311 e. The van der Waals surface area contributed by atoms with Gasteiger partial charge in [0, 0.05) is 31.0 Å². The second-order valence-electron chi connectivity index (χ2n) is 6.54. The highest BCUT2D eigenvalue weighted by atomic mass is 79.9. The molecule has 1 N–H and O–H groups in total. The Morgan fingerprint density at radius 1 is 1.27 bits per heavy atom. The van der Waals surface area contributed by atoms with Crippen LogP contribution >= 0.6 is 50.5 Å². The zero-order chi connectivity index (χ0) is 23.8. The molecule has 0 fully saturated rings. The standard InChI is InChI=1S/C22H20BrCl2N3O4S/c1-3-31-21(29)8-16-12-33-22(27-16)28-26-10-14-6-19(30-2)20(9-17(14)23)32-11-13-4-5-15(24)7-18(13)25/h4-7,9-10,12H,3,8,11H2,1-2H3,(H,27,28). The van der Waals surface area contributed by atoms with Gasteiger partial charge < -0.3 is 14.2 Å². The molecule has 0 saturated carbocycles. The summed E-state index contributed by atoms with van der Waals surface area (Å²) in [6.07, 6.45) is 1.75. The first-order valence-corrected chi connectivity index (χ1v) is 12.2. The number of benzene rings is 2. The maximum atomic E-state index is 11.6. The lowest BCUT2D eigenvalue weighted by molar-refractivity contribution is -0.142. The molecule has 3 rings (SSSR count). The number of ether oxygens (including phenoxy) is 3. The van der Waals surface area contributed by atoms with Gasteiger partial charge in [-0.2, -0.15) is 5.10 Å². The molecule has 0 spiro atoms. The zero-order valence-corrected chi connectivity index (χ0v) is 21.6. The summed E-state index contributed by atoms with van der Waals surface area (Å²) in [4.78, 5) is 15.9. The van der Waals surface area contributed by atoms with E-state index in [0.717, 1.165) is 15.6 Å². The van der Waals surface area contributed by atoms with Crippen LogP contribution in [0.5, 0.6) is 11.5 Å². The van der Waals surface area contributed by atoms with Crippen LogP contribution in [0.2, 0.25) is 10.0 Å². The predicted octanol–water partition coefficient (Wildman–Crippen LogP) is 6.35. The van der Waals surface area contributed by atoms with Crippen LogP contribution in [0.25, 0.3) is 0 Å². The number of hydrogen-bond acceptors (Lipinski definition) is 8. The van der Waals surface area contributed by atoms with Gasteiger partial charge in [-0.25, -0.2) is 4.98 Å². The molecule has 2 aromatic carbocycles. The molecule has 0 aliphatic heterocycles. The summed E-state index contributed by atoms with van der Waals surface area (Å²) >= 11 is 17.0. The number of esters is 1. The highest BCUT2D eigenvalue weighted by Crippen LogP contribution is 2.34. The van der Waals surface area contributed by atoms with E-state index >= 15 is 0 Å². The third-order valence-electron chi connectivity index (χ3n) is 4.23. The van der Waals surface area contributed by atoms with E-state index in [4.69, 9.17) is 37.4 Å². The molecule has 7 nitrogen and oxygen atoms in total. The fraction of sp³-hybridized carbons (Fsp3) is 0.227. The molecular weight excluding hydrogens is 553 g/mol. The molecule has 11 heteroatoms. The van der Waals surface area contributed by atoms with Gasteiger partial charge in [-0.15, -0.1) is 11.3 Å². The lowest BCUT2D eigenvalue weighted by Gasteiger charge is -2.13. The molecule has 0 unspecified atom stereocenters. The largest absolute Gasteiger partial charge is 0.493 e. The lowest BCUT2D eigenvalue weighted by Crippen LogP contribution is -2.07. The van der Waals surface area contributed by atoms with Crippen molar-refractivity contribution in [2.45, 2.75) is 20.0 Å². The number of aromatic nitrogens is 1. The molecule has 33 heavy (non-hydrogen) atoms. The summed E-state index contributed by atoms with van der Waals surface area (Å²) in [5.41, 5.74) is 5.06. The number of hydrogen-bond donors (Lipinski definition) is 1. The van der Waals surface area contributed by atoms with E-state index in [2.05, 4.69) is 31.4 Å². The Balaban J connectivity index is 1.65. The Labute approximate surface area is 213 Å². The molecule has 1 heterocycles. The first-order valence-electron chi connectivity index (χ1n) is 9.73. The molecule has 0 saturated heterocycles. The lowest BCUT2D eigenvalue weighted by atomic mass is 10.2. The van der Waals surface area contributed by atoms with Crippen LogP contribution in [-0.4, -0.2) is 30.9 Å². The van der Waals surface area contributed by atoms with Gasteiger partial charge >= 0.3 is 5.97 Å². The molecule has 0 aliphatic rings. The number of hydrazone groups is 1. The molecule has 0 amide bonds. The van der Waals surface area contributed by atoms with Gasteiger partial charge in [-0.1, -0.05) is 29.3 Å². The van der Waals surface area contributed by atoms with Crippen molar-refractivity contribution in [3.8, 4) is 11.5 Å². The van der Waals surface area contributed by atoms with E-state index in [1.54, 1.807) is 49.9 Å². The van der Waals surface area contributed by atoms with Crippen molar-refractivity contribution in [1.29, 1.82) is 0 Å². The zero-order valence-electron chi connectivity index (χ0n) is 17.7. The summed E-state index contributed by atoms with van der Waals surface area (Å²) in [6, 6.07) is 8.83. The van der Waals surface area contributed by atoms with Gasteiger partial charge in [0.05, 0.1) is 32.0 Å². The second kappa shape index (κ2) is 12.2. The normalized spacial score (nSPS) is 10.9. The minimum atomic E-state index is -0.311. The molecular formula is C22H20BrCl2N3O4S. The Morgan fingerprint density at radius 2 is 2.09 bits per heavy atom. The van der Waals surface area contributed by atoms with Crippen LogP contribution in [0.3, 0.4) is 0 Å². The Hall–Kier alpha value is -2.33. The summed E-state index contributed by atoms with van der Waals surface area (Å²) in [5, 5.41) is 7.66. The van der Waals surface area contributed by atoms with Crippen molar-refractivity contribution in [3.05, 3.63) is 67.1 Å². The van der Waals surface area contributed by atoms with Crippen molar-refractivity contribution in [2.24, 2.45) is 5.10 Å². The number of rotatable bonds is 10. The molecule has 0 radical (unpaired) electrons. The van der Waals surface area contributed by atoms with Crippen LogP contribution in [-0.2, 0) is 22.6 Å². The number of nitrogens with zero attached hydrogens (tertiary/aromatic N) is 2. The monoisotopic (exact) mass is 571 g/mol. The van der Waals surface area contributed by atoms with E-state index in [1.807, 2.05) is 6.07 Å². The minimum absolute atomic E-state index is 0.126. The SMILES string of the molecule is CCOC(=O)Cc1csc(NN=Cc2cc(OC)c(OCc3ccc(Cl)cc3Cl)cc2Br)n1. The third-order valence-corrected chi connectivity index (χ3v) is 6.30. The van der Waals surface area contributed by atoms with Crippen molar-refractivity contribution in [2.75, 3.05) is 19.1 Å². The average molecular weight is 573 g/mol. The van der Waals surface area contributed by atoms with Gasteiger partial charge in [-0.05, 0) is 47.1 Å². The number of nitrogens with one attached hydrogen (secondary N) is 1. The van der Waals surface area contributed by atoms with Crippen LogP contribution in [0.15, 0.2) is 45.3 Å². The average Bonchev–Trinajstić information content (AvgIpc) is 3.21. The second-order valence-corrected chi connectivity index (χ2v) is 9.10. The van der Waals surface area contributed by atoms with E-state index in [0.29, 0.717) is 39.0 Å². The first kappa shape index (κ1) is 25.3. The third kappa shape index (κ3) is 7.33. The number of halogens is 3. The number of thiazole rings is 1. The number of anilines is 1. The molecule has 0 bridgehead atoms. The highest BCUT2D eigenvalue weighted by Gasteiger charge is 2.12. The quantitative estimate of drug-likeness (QED) is 0.173. The number of methoxy groups -OCH3 is 1. The van der Waals surface area contributed by atoms with Gasteiger partial charge in [0.1, 0.15) is 6.61 Å².